The van der Waals surface area contributed by atoms with Crippen LogP contribution in [0.25, 0.3) is 0 Å². The highest BCUT2D eigenvalue weighted by molar-refractivity contribution is 5.95. The van der Waals surface area contributed by atoms with Crippen molar-refractivity contribution in [2.24, 2.45) is 5.92 Å². The normalized spacial score (nSPS) is 11.9. The van der Waals surface area contributed by atoms with Gasteiger partial charge in [-0.2, -0.15) is 0 Å². The van der Waals surface area contributed by atoms with Gasteiger partial charge in [-0.15, -0.1) is 0 Å². The number of rotatable bonds is 7. The molecule has 1 aromatic carbocycles. The van der Waals surface area contributed by atoms with E-state index in [1.165, 1.54) is 0 Å². The third-order valence-electron chi connectivity index (χ3n) is 3.04. The van der Waals surface area contributed by atoms with Crippen LogP contribution in [0.2, 0.25) is 0 Å². The Balaban J connectivity index is 2.54. The predicted octanol–water partition coefficient (Wildman–Crippen LogP) is 3.27. The summed E-state index contributed by atoms with van der Waals surface area (Å²) in [4.78, 5) is 23.0. The van der Waals surface area contributed by atoms with E-state index < -0.39 is 0 Å². The summed E-state index contributed by atoms with van der Waals surface area (Å²) in [5.74, 6) is 0.869. The van der Waals surface area contributed by atoms with Gasteiger partial charge < -0.3 is 4.74 Å². The molecule has 3 nitrogen and oxygen atoms in total. The molecule has 0 saturated heterocycles. The van der Waals surface area contributed by atoms with E-state index in [2.05, 4.69) is 0 Å². The lowest BCUT2D eigenvalue weighted by molar-refractivity contribution is -0.124. The molecule has 3 heteroatoms. The second kappa shape index (κ2) is 6.94. The number of ether oxygens (including phenoxy) is 1. The second-order valence-corrected chi connectivity index (χ2v) is 4.37. The molecule has 0 heterocycles. The SMILES string of the molecule is CCC(=O)c1ccc(OCC(=O)C(C)CC)cc1. The standard InChI is InChI=1S/C15H20O3/c1-4-11(3)15(17)10-18-13-8-6-12(7-9-13)14(16)5-2/h6-9,11H,4-5,10H2,1-3H3. The minimum Gasteiger partial charge on any atom is -0.486 e. The average Bonchev–Trinajstić information content (AvgIpc) is 2.43. The summed E-state index contributed by atoms with van der Waals surface area (Å²) in [6.07, 6.45) is 1.32. The van der Waals surface area contributed by atoms with Crippen LogP contribution in [0, 0.1) is 5.92 Å². The molecule has 1 aromatic rings. The summed E-state index contributed by atoms with van der Waals surface area (Å²) in [5, 5.41) is 0. The van der Waals surface area contributed by atoms with Crippen LogP contribution in [-0.2, 0) is 4.79 Å². The molecule has 0 amide bonds. The van der Waals surface area contributed by atoms with Crippen LogP contribution in [0.4, 0.5) is 0 Å². The van der Waals surface area contributed by atoms with Crippen LogP contribution in [-0.4, -0.2) is 18.2 Å². The van der Waals surface area contributed by atoms with Gasteiger partial charge in [0.15, 0.2) is 11.6 Å². The molecule has 0 aliphatic carbocycles. The molecule has 0 radical (unpaired) electrons. The Morgan fingerprint density at radius 2 is 1.78 bits per heavy atom. The van der Waals surface area contributed by atoms with Crippen LogP contribution in [0.15, 0.2) is 24.3 Å². The Kier molecular flexibility index (Phi) is 5.56. The zero-order chi connectivity index (χ0) is 13.5. The van der Waals surface area contributed by atoms with Gasteiger partial charge in [0.1, 0.15) is 12.4 Å². The predicted molar refractivity (Wildman–Crippen MR) is 71.0 cm³/mol. The third kappa shape index (κ3) is 3.99. The molecule has 0 saturated carbocycles. The van der Waals surface area contributed by atoms with E-state index >= 15 is 0 Å². The summed E-state index contributed by atoms with van der Waals surface area (Å²) in [6, 6.07) is 6.92. The Hall–Kier alpha value is -1.64. The van der Waals surface area contributed by atoms with E-state index in [4.69, 9.17) is 4.74 Å². The minimum atomic E-state index is 0.0333. The van der Waals surface area contributed by atoms with Crippen molar-refractivity contribution in [2.45, 2.75) is 33.6 Å². The summed E-state index contributed by atoms with van der Waals surface area (Å²) >= 11 is 0. The highest BCUT2D eigenvalue weighted by atomic mass is 16.5. The van der Waals surface area contributed by atoms with E-state index in [0.717, 1.165) is 6.42 Å². The summed E-state index contributed by atoms with van der Waals surface area (Å²) in [5.41, 5.74) is 0.679. The molecule has 0 aliphatic heterocycles. The quantitative estimate of drug-likeness (QED) is 0.695. The Morgan fingerprint density at radius 3 is 2.28 bits per heavy atom. The van der Waals surface area contributed by atoms with E-state index in [1.54, 1.807) is 24.3 Å². The van der Waals surface area contributed by atoms with Crippen LogP contribution in [0.5, 0.6) is 5.75 Å². The lowest BCUT2D eigenvalue weighted by Crippen LogP contribution is -2.18. The summed E-state index contributed by atoms with van der Waals surface area (Å²) in [6.45, 7) is 5.80. The van der Waals surface area contributed by atoms with E-state index in [-0.39, 0.29) is 24.1 Å². The Morgan fingerprint density at radius 1 is 1.17 bits per heavy atom. The molecular formula is C15H20O3. The minimum absolute atomic E-state index is 0.0333. The van der Waals surface area contributed by atoms with Crippen molar-refractivity contribution in [1.82, 2.24) is 0 Å². The van der Waals surface area contributed by atoms with Crippen molar-refractivity contribution in [3.63, 3.8) is 0 Å². The lowest BCUT2D eigenvalue weighted by atomic mass is 10.0. The molecule has 1 unspecified atom stereocenters. The van der Waals surface area contributed by atoms with Gasteiger partial charge in [-0.05, 0) is 30.7 Å². The highest BCUT2D eigenvalue weighted by Crippen LogP contribution is 2.14. The fraction of sp³-hybridized carbons (Fsp3) is 0.467. The Bertz CT molecular complexity index is 406. The molecule has 0 fully saturated rings. The number of hydrogen-bond donors (Lipinski definition) is 0. The van der Waals surface area contributed by atoms with Crippen molar-refractivity contribution in [3.8, 4) is 5.75 Å². The first-order valence-electron chi connectivity index (χ1n) is 6.37. The topological polar surface area (TPSA) is 43.4 Å². The van der Waals surface area contributed by atoms with Gasteiger partial charge in [-0.1, -0.05) is 20.8 Å². The second-order valence-electron chi connectivity index (χ2n) is 4.37. The zero-order valence-electron chi connectivity index (χ0n) is 11.2. The summed E-state index contributed by atoms with van der Waals surface area (Å²) in [7, 11) is 0. The van der Waals surface area contributed by atoms with Crippen molar-refractivity contribution >= 4 is 11.6 Å². The zero-order valence-corrected chi connectivity index (χ0v) is 11.2. The first kappa shape index (κ1) is 14.4. The lowest BCUT2D eigenvalue weighted by Gasteiger charge is -2.09. The molecule has 98 valence electrons. The van der Waals surface area contributed by atoms with Crippen LogP contribution in [0.1, 0.15) is 44.0 Å². The van der Waals surface area contributed by atoms with Gasteiger partial charge in [0.05, 0.1) is 0 Å². The molecule has 0 aromatic heterocycles. The number of ketones is 2. The Labute approximate surface area is 108 Å². The average molecular weight is 248 g/mol. The smallest absolute Gasteiger partial charge is 0.172 e. The van der Waals surface area contributed by atoms with Gasteiger partial charge >= 0.3 is 0 Å². The maximum Gasteiger partial charge on any atom is 0.172 e. The van der Waals surface area contributed by atoms with Gasteiger partial charge in [0.25, 0.3) is 0 Å². The number of carbonyl (C=O) groups excluding carboxylic acids is 2. The highest BCUT2D eigenvalue weighted by Gasteiger charge is 2.11. The van der Waals surface area contributed by atoms with Crippen molar-refractivity contribution in [3.05, 3.63) is 29.8 Å². The molecule has 0 aliphatic rings. The number of hydrogen-bond acceptors (Lipinski definition) is 3. The van der Waals surface area contributed by atoms with Gasteiger partial charge in [-0.3, -0.25) is 9.59 Å². The van der Waals surface area contributed by atoms with Gasteiger partial charge in [-0.25, -0.2) is 0 Å². The fourth-order valence-corrected chi connectivity index (χ4v) is 1.47. The largest absolute Gasteiger partial charge is 0.486 e. The first-order valence-corrected chi connectivity index (χ1v) is 6.37. The van der Waals surface area contributed by atoms with Crippen molar-refractivity contribution in [1.29, 1.82) is 0 Å². The monoisotopic (exact) mass is 248 g/mol. The van der Waals surface area contributed by atoms with Gasteiger partial charge in [0.2, 0.25) is 0 Å². The van der Waals surface area contributed by atoms with E-state index in [0.29, 0.717) is 17.7 Å². The fourth-order valence-electron chi connectivity index (χ4n) is 1.47. The van der Waals surface area contributed by atoms with E-state index in [1.807, 2.05) is 20.8 Å². The summed E-state index contributed by atoms with van der Waals surface area (Å²) < 4.78 is 5.40. The van der Waals surface area contributed by atoms with Gasteiger partial charge in [0, 0.05) is 17.9 Å². The number of benzene rings is 1. The third-order valence-corrected chi connectivity index (χ3v) is 3.04. The molecule has 0 bridgehead atoms. The molecule has 1 rings (SSSR count). The van der Waals surface area contributed by atoms with Crippen molar-refractivity contribution in [2.75, 3.05) is 6.61 Å². The maximum absolute atomic E-state index is 11.6. The van der Waals surface area contributed by atoms with Crippen molar-refractivity contribution < 1.29 is 14.3 Å². The molecular weight excluding hydrogens is 228 g/mol. The van der Waals surface area contributed by atoms with Crippen LogP contribution < -0.4 is 4.74 Å². The van der Waals surface area contributed by atoms with E-state index in [9.17, 15) is 9.59 Å². The first-order chi connectivity index (χ1) is 8.58. The molecule has 1 atom stereocenters. The van der Waals surface area contributed by atoms with Crippen LogP contribution in [0.3, 0.4) is 0 Å². The maximum atomic E-state index is 11.6. The number of Topliss-reactive ketones (excluding diaryl/α,β-unsaturated/α-hetero) is 2. The molecule has 0 N–H and O–H groups in total. The molecule has 18 heavy (non-hydrogen) atoms. The number of carbonyl (C=O) groups is 2. The van der Waals surface area contributed by atoms with Crippen LogP contribution >= 0.6 is 0 Å². The molecule has 0 spiro atoms.